The topological polar surface area (TPSA) is 61.5 Å². The van der Waals surface area contributed by atoms with Crippen LogP contribution in [0.15, 0.2) is 18.2 Å². The smallest absolute Gasteiger partial charge is 0.163 e. The summed E-state index contributed by atoms with van der Waals surface area (Å²) in [5.41, 5.74) is 6.08. The van der Waals surface area contributed by atoms with E-state index >= 15 is 0 Å². The van der Waals surface area contributed by atoms with Gasteiger partial charge in [-0.3, -0.25) is 4.79 Å². The molecule has 4 nitrogen and oxygen atoms in total. The molecule has 0 spiro atoms. The molecule has 100 valence electrons. The first kappa shape index (κ1) is 14.5. The number of carbonyl (C=O) groups is 1. The molecule has 0 fully saturated rings. The van der Waals surface area contributed by atoms with Gasteiger partial charge in [-0.2, -0.15) is 0 Å². The van der Waals surface area contributed by atoms with Crippen LogP contribution in [0.2, 0.25) is 0 Å². The molecule has 0 aliphatic carbocycles. The third kappa shape index (κ3) is 4.04. The van der Waals surface area contributed by atoms with E-state index in [0.29, 0.717) is 30.0 Å². The van der Waals surface area contributed by atoms with Gasteiger partial charge in [0.05, 0.1) is 14.2 Å². The molecule has 0 atom stereocenters. The molecule has 0 bridgehead atoms. The Morgan fingerprint density at radius 3 is 2.44 bits per heavy atom. The summed E-state index contributed by atoms with van der Waals surface area (Å²) in [7, 11) is 3.14. The van der Waals surface area contributed by atoms with Crippen LogP contribution in [-0.2, 0) is 0 Å². The lowest BCUT2D eigenvalue weighted by molar-refractivity contribution is 0.0979. The first-order chi connectivity index (χ1) is 8.72. The Labute approximate surface area is 108 Å². The number of hydrogen-bond acceptors (Lipinski definition) is 4. The highest BCUT2D eigenvalue weighted by molar-refractivity contribution is 5.96. The first-order valence-electron chi connectivity index (χ1n) is 6.18. The van der Waals surface area contributed by atoms with Crippen molar-refractivity contribution >= 4 is 5.78 Å². The zero-order valence-electron chi connectivity index (χ0n) is 11.1. The maximum Gasteiger partial charge on any atom is 0.163 e. The fourth-order valence-electron chi connectivity index (χ4n) is 1.76. The number of Topliss-reactive ketones (excluding diaryl/α,β-unsaturated/α-hetero) is 1. The number of carbonyl (C=O) groups excluding carboxylic acids is 1. The Bertz CT molecular complexity index is 391. The lowest BCUT2D eigenvalue weighted by Gasteiger charge is -2.09. The Hall–Kier alpha value is -1.55. The minimum absolute atomic E-state index is 0.132. The fraction of sp³-hybridized carbons (Fsp3) is 0.500. The molecule has 1 aromatic carbocycles. The Kier molecular flexibility index (Phi) is 6.22. The molecule has 0 aromatic heterocycles. The van der Waals surface area contributed by atoms with Crippen LogP contribution in [0.5, 0.6) is 11.5 Å². The van der Waals surface area contributed by atoms with Crippen molar-refractivity contribution in [1.29, 1.82) is 0 Å². The molecular weight excluding hydrogens is 230 g/mol. The summed E-state index contributed by atoms with van der Waals surface area (Å²) in [5, 5.41) is 0. The van der Waals surface area contributed by atoms with Gasteiger partial charge in [0.25, 0.3) is 0 Å². The van der Waals surface area contributed by atoms with E-state index in [0.717, 1.165) is 19.3 Å². The maximum absolute atomic E-state index is 11.9. The van der Waals surface area contributed by atoms with Crippen molar-refractivity contribution in [2.75, 3.05) is 20.8 Å². The van der Waals surface area contributed by atoms with E-state index in [1.165, 1.54) is 0 Å². The van der Waals surface area contributed by atoms with Crippen LogP contribution in [0.1, 0.15) is 36.0 Å². The van der Waals surface area contributed by atoms with Crippen molar-refractivity contribution in [3.63, 3.8) is 0 Å². The fourth-order valence-corrected chi connectivity index (χ4v) is 1.76. The Morgan fingerprint density at radius 1 is 1.11 bits per heavy atom. The highest BCUT2D eigenvalue weighted by Gasteiger charge is 2.10. The van der Waals surface area contributed by atoms with Crippen LogP contribution >= 0.6 is 0 Å². The molecule has 0 aliphatic rings. The normalized spacial score (nSPS) is 10.2. The van der Waals surface area contributed by atoms with Crippen molar-refractivity contribution in [2.24, 2.45) is 5.73 Å². The highest BCUT2D eigenvalue weighted by Crippen LogP contribution is 2.28. The first-order valence-corrected chi connectivity index (χ1v) is 6.18. The molecule has 1 rings (SSSR count). The van der Waals surface area contributed by atoms with E-state index in [1.807, 2.05) is 0 Å². The summed E-state index contributed by atoms with van der Waals surface area (Å²) < 4.78 is 10.3. The van der Waals surface area contributed by atoms with Crippen molar-refractivity contribution in [3.05, 3.63) is 23.8 Å². The second-order valence-corrected chi connectivity index (χ2v) is 4.09. The van der Waals surface area contributed by atoms with Gasteiger partial charge in [-0.1, -0.05) is 6.42 Å². The average molecular weight is 251 g/mol. The van der Waals surface area contributed by atoms with Gasteiger partial charge in [-0.05, 0) is 37.6 Å². The second kappa shape index (κ2) is 7.71. The van der Waals surface area contributed by atoms with E-state index in [9.17, 15) is 4.79 Å². The molecule has 0 radical (unpaired) electrons. The number of benzene rings is 1. The molecular formula is C14H21NO3. The van der Waals surface area contributed by atoms with Crippen molar-refractivity contribution in [2.45, 2.75) is 25.7 Å². The number of ketones is 1. The van der Waals surface area contributed by atoms with E-state index in [1.54, 1.807) is 32.4 Å². The largest absolute Gasteiger partial charge is 0.493 e. The van der Waals surface area contributed by atoms with Gasteiger partial charge in [0.2, 0.25) is 0 Å². The molecule has 4 heteroatoms. The van der Waals surface area contributed by atoms with Gasteiger partial charge in [0.1, 0.15) is 0 Å². The number of hydrogen-bond donors (Lipinski definition) is 1. The number of methoxy groups -OCH3 is 2. The van der Waals surface area contributed by atoms with Gasteiger partial charge in [-0.25, -0.2) is 0 Å². The molecule has 0 saturated carbocycles. The van der Waals surface area contributed by atoms with Crippen LogP contribution < -0.4 is 15.2 Å². The van der Waals surface area contributed by atoms with Gasteiger partial charge in [0, 0.05) is 12.0 Å². The summed E-state index contributed by atoms with van der Waals surface area (Å²) in [6.45, 7) is 0.685. The van der Waals surface area contributed by atoms with Gasteiger partial charge >= 0.3 is 0 Å². The number of nitrogens with two attached hydrogens (primary N) is 1. The number of rotatable bonds is 8. The van der Waals surface area contributed by atoms with Gasteiger partial charge in [0.15, 0.2) is 17.3 Å². The molecule has 0 amide bonds. The standard InChI is InChI=1S/C14H21NO3/c1-17-13-8-7-11(10-14(13)18-2)12(16)6-4-3-5-9-15/h7-8,10H,3-6,9,15H2,1-2H3. The molecule has 2 N–H and O–H groups in total. The number of ether oxygens (including phenoxy) is 2. The Balaban J connectivity index is 2.62. The molecule has 0 aliphatic heterocycles. The zero-order chi connectivity index (χ0) is 13.4. The molecule has 0 heterocycles. The van der Waals surface area contributed by atoms with E-state index < -0.39 is 0 Å². The van der Waals surface area contributed by atoms with E-state index in [4.69, 9.17) is 15.2 Å². The van der Waals surface area contributed by atoms with Crippen LogP contribution in [0.25, 0.3) is 0 Å². The lowest BCUT2D eigenvalue weighted by atomic mass is 10.0. The summed E-state index contributed by atoms with van der Waals surface area (Å²) in [6.07, 6.45) is 3.40. The van der Waals surface area contributed by atoms with Crippen molar-refractivity contribution in [3.8, 4) is 11.5 Å². The van der Waals surface area contributed by atoms with Gasteiger partial charge < -0.3 is 15.2 Å². The minimum Gasteiger partial charge on any atom is -0.493 e. The predicted octanol–water partition coefficient (Wildman–Crippen LogP) is 2.41. The molecule has 0 saturated heterocycles. The molecule has 1 aromatic rings. The summed E-state index contributed by atoms with van der Waals surface area (Å²) in [4.78, 5) is 11.9. The monoisotopic (exact) mass is 251 g/mol. The molecule has 18 heavy (non-hydrogen) atoms. The predicted molar refractivity (Wildman–Crippen MR) is 71.4 cm³/mol. The third-order valence-corrected chi connectivity index (χ3v) is 2.81. The summed E-state index contributed by atoms with van der Waals surface area (Å²) >= 11 is 0. The van der Waals surface area contributed by atoms with Gasteiger partial charge in [-0.15, -0.1) is 0 Å². The third-order valence-electron chi connectivity index (χ3n) is 2.81. The van der Waals surface area contributed by atoms with E-state index in [-0.39, 0.29) is 5.78 Å². The Morgan fingerprint density at radius 2 is 1.83 bits per heavy atom. The molecule has 0 unspecified atom stereocenters. The SMILES string of the molecule is COc1ccc(C(=O)CCCCCN)cc1OC. The highest BCUT2D eigenvalue weighted by atomic mass is 16.5. The second-order valence-electron chi connectivity index (χ2n) is 4.09. The van der Waals surface area contributed by atoms with Crippen molar-refractivity contribution < 1.29 is 14.3 Å². The average Bonchev–Trinajstić information content (AvgIpc) is 2.42. The quantitative estimate of drug-likeness (QED) is 0.569. The van der Waals surface area contributed by atoms with Crippen molar-refractivity contribution in [1.82, 2.24) is 0 Å². The number of unbranched alkanes of at least 4 members (excludes halogenated alkanes) is 2. The van der Waals surface area contributed by atoms with E-state index in [2.05, 4.69) is 0 Å². The lowest BCUT2D eigenvalue weighted by Crippen LogP contribution is -2.02. The summed E-state index contributed by atoms with van der Waals surface area (Å²) in [6, 6.07) is 5.25. The van der Waals surface area contributed by atoms with Crippen LogP contribution in [-0.4, -0.2) is 26.5 Å². The van der Waals surface area contributed by atoms with Crippen LogP contribution in [0.4, 0.5) is 0 Å². The van der Waals surface area contributed by atoms with Crippen LogP contribution in [0.3, 0.4) is 0 Å². The summed E-state index contributed by atoms with van der Waals surface area (Å²) in [5.74, 6) is 1.36. The minimum atomic E-state index is 0.132. The maximum atomic E-state index is 11.9. The zero-order valence-corrected chi connectivity index (χ0v) is 11.1. The van der Waals surface area contributed by atoms with Crippen LogP contribution in [0, 0.1) is 0 Å².